The van der Waals surface area contributed by atoms with Gasteiger partial charge >= 0.3 is 10.8 Å². The number of nitrogens with one attached hydrogen (secondary N) is 1. The minimum Gasteiger partial charge on any atom is -0.489 e. The highest BCUT2D eigenvalue weighted by Gasteiger charge is 2.69. The predicted molar refractivity (Wildman–Crippen MR) is 159 cm³/mol. The molecule has 2 saturated carbocycles. The van der Waals surface area contributed by atoms with Gasteiger partial charge in [-0.2, -0.15) is 0 Å². The van der Waals surface area contributed by atoms with Gasteiger partial charge in [0.2, 0.25) is 11.8 Å². The number of hydrogen-bond acceptors (Lipinski definition) is 7. The summed E-state index contributed by atoms with van der Waals surface area (Å²) in [5, 5.41) is 10.5. The third-order valence-electron chi connectivity index (χ3n) is 9.54. The van der Waals surface area contributed by atoms with E-state index in [1.165, 1.54) is 16.2 Å². The summed E-state index contributed by atoms with van der Waals surface area (Å²) in [4.78, 5) is 56.1. The number of aryl methyl sites for hydroxylation is 1. The molecule has 3 heterocycles. The fourth-order valence-corrected chi connectivity index (χ4v) is 10.9. The van der Waals surface area contributed by atoms with Gasteiger partial charge in [-0.05, 0) is 66.8 Å². The summed E-state index contributed by atoms with van der Waals surface area (Å²) in [6.07, 6.45) is 0.929. The normalized spacial score (nSPS) is 29.0. The van der Waals surface area contributed by atoms with Crippen LogP contribution in [-0.4, -0.2) is 44.6 Å². The zero-order valence-corrected chi connectivity index (χ0v) is 25.1. The molecule has 42 heavy (non-hydrogen) atoms. The number of amides is 2. The Morgan fingerprint density at radius 2 is 1.88 bits per heavy atom. The number of ether oxygens (including phenoxy) is 1. The number of carboxylic acids is 1. The van der Waals surface area contributed by atoms with Gasteiger partial charge in [0.1, 0.15) is 12.4 Å². The first-order valence-corrected chi connectivity index (χ1v) is 16.2. The van der Waals surface area contributed by atoms with Crippen LogP contribution in [0.2, 0.25) is 5.02 Å². The Labute approximate surface area is 255 Å². The number of aromatic nitrogens is 1. The number of fused-ring (bicyclic) bond motifs is 9. The number of thioether (sulfide) groups is 1. The van der Waals surface area contributed by atoms with Crippen LogP contribution in [0, 0.1) is 36.5 Å². The molecular formula is C31H29ClN2O6S2. The van der Waals surface area contributed by atoms with Gasteiger partial charge in [-0.1, -0.05) is 47.2 Å². The molecule has 2 N–H and O–H groups in total. The molecule has 11 heteroatoms. The molecular weight excluding hydrogens is 596 g/mol. The monoisotopic (exact) mass is 624 g/mol. The number of carbonyl (C=O) groups excluding carboxylic acids is 2. The Hall–Kier alpha value is -3.08. The lowest BCUT2D eigenvalue weighted by molar-refractivity contribution is -0.142. The SMILES string of the molecule is Cc1ccccc1COc1ccc(Cl)cc1[C@H]1c2sc(=O)[nH]c2SC2C3CC(C4C(=O)N(CCCC(=O)O)C(=O)C34)C21. The molecule has 0 radical (unpaired) electrons. The van der Waals surface area contributed by atoms with Gasteiger partial charge in [0.25, 0.3) is 0 Å². The predicted octanol–water partition coefficient (Wildman–Crippen LogP) is 5.32. The van der Waals surface area contributed by atoms with E-state index < -0.39 is 17.8 Å². The molecule has 8 nitrogen and oxygen atoms in total. The van der Waals surface area contributed by atoms with Crippen LogP contribution < -0.4 is 9.61 Å². The molecule has 2 aliphatic heterocycles. The average molecular weight is 625 g/mol. The van der Waals surface area contributed by atoms with Crippen molar-refractivity contribution in [3.8, 4) is 5.75 Å². The number of H-pyrrole nitrogens is 1. The molecule has 2 amide bonds. The van der Waals surface area contributed by atoms with Crippen molar-refractivity contribution in [3.05, 3.63) is 78.7 Å². The molecule has 4 aliphatic rings. The summed E-state index contributed by atoms with van der Waals surface area (Å²) in [5.74, 6) is -1.70. The van der Waals surface area contributed by atoms with Crippen molar-refractivity contribution in [1.29, 1.82) is 0 Å². The van der Waals surface area contributed by atoms with Gasteiger partial charge in [0.05, 0.1) is 16.9 Å². The van der Waals surface area contributed by atoms with E-state index in [4.69, 9.17) is 21.4 Å². The fraction of sp³-hybridized carbons (Fsp3) is 0.419. The Morgan fingerprint density at radius 1 is 1.12 bits per heavy atom. The number of aromatic amines is 1. The summed E-state index contributed by atoms with van der Waals surface area (Å²) < 4.78 is 6.44. The van der Waals surface area contributed by atoms with Gasteiger partial charge in [-0.15, -0.1) is 11.8 Å². The zero-order chi connectivity index (χ0) is 29.3. The standard InChI is InChI=1S/C31H29ClN2O6S2/c1-14-5-2-3-6-15(14)13-40-20-9-8-16(32)11-17(20)22-23-18-12-19(26(23)41-28-27(22)42-31(39)33-28)25-24(18)29(37)34(30(25)38)10-4-7-21(35)36/h2-3,5-6,8-9,11,18-19,22-26H,4,7,10,12-13H2,1H3,(H,33,39)(H,35,36)/t18?,19?,22-,23?,24?,25?,26?/m1/s1. The molecule has 1 aromatic heterocycles. The number of thiazole rings is 1. The molecule has 2 bridgehead atoms. The van der Waals surface area contributed by atoms with E-state index in [1.54, 1.807) is 17.8 Å². The summed E-state index contributed by atoms with van der Waals surface area (Å²) in [6.45, 7) is 2.56. The molecule has 7 atom stereocenters. The quantitative estimate of drug-likeness (QED) is 0.326. The second kappa shape index (κ2) is 10.6. The van der Waals surface area contributed by atoms with Crippen LogP contribution in [-0.2, 0) is 21.0 Å². The van der Waals surface area contributed by atoms with Gasteiger partial charge < -0.3 is 14.8 Å². The molecule has 3 fully saturated rings. The molecule has 218 valence electrons. The Kier molecular flexibility index (Phi) is 6.98. The highest BCUT2D eigenvalue weighted by Crippen LogP contribution is 2.69. The number of halogens is 1. The number of nitrogens with zero attached hydrogens (tertiary/aromatic N) is 1. The van der Waals surface area contributed by atoms with E-state index in [2.05, 4.69) is 4.98 Å². The summed E-state index contributed by atoms with van der Waals surface area (Å²) in [7, 11) is 0. The van der Waals surface area contributed by atoms with Crippen molar-refractivity contribution in [2.45, 2.75) is 49.0 Å². The Balaban J connectivity index is 1.26. The molecule has 0 spiro atoms. The maximum atomic E-state index is 13.7. The highest BCUT2D eigenvalue weighted by molar-refractivity contribution is 8.00. The lowest BCUT2D eigenvalue weighted by Gasteiger charge is -2.43. The van der Waals surface area contributed by atoms with Crippen LogP contribution in [0.1, 0.15) is 46.7 Å². The van der Waals surface area contributed by atoms with Crippen molar-refractivity contribution >= 4 is 52.5 Å². The first kappa shape index (κ1) is 27.7. The van der Waals surface area contributed by atoms with E-state index >= 15 is 0 Å². The molecule has 7 rings (SSSR count). The van der Waals surface area contributed by atoms with Crippen LogP contribution in [0.3, 0.4) is 0 Å². The Bertz CT molecular complexity index is 1670. The number of hydrogen-bond donors (Lipinski definition) is 2. The second-order valence-electron chi connectivity index (χ2n) is 11.7. The topological polar surface area (TPSA) is 117 Å². The molecule has 2 aliphatic carbocycles. The van der Waals surface area contributed by atoms with Crippen molar-refractivity contribution < 1.29 is 24.2 Å². The fourth-order valence-electron chi connectivity index (χ4n) is 7.86. The van der Waals surface area contributed by atoms with Gasteiger partial charge in [0, 0.05) is 39.6 Å². The first-order valence-electron chi connectivity index (χ1n) is 14.2. The van der Waals surface area contributed by atoms with Crippen molar-refractivity contribution in [2.75, 3.05) is 6.54 Å². The van der Waals surface area contributed by atoms with Gasteiger partial charge in [0.15, 0.2) is 0 Å². The van der Waals surface area contributed by atoms with Crippen molar-refractivity contribution in [2.24, 2.45) is 29.6 Å². The van der Waals surface area contributed by atoms with E-state index in [9.17, 15) is 19.2 Å². The minimum absolute atomic E-state index is 0.00880. The zero-order valence-electron chi connectivity index (χ0n) is 22.7. The lowest BCUT2D eigenvalue weighted by Crippen LogP contribution is -2.42. The summed E-state index contributed by atoms with van der Waals surface area (Å²) in [6, 6.07) is 13.7. The minimum atomic E-state index is -0.943. The molecule has 2 aromatic carbocycles. The third kappa shape index (κ3) is 4.41. The van der Waals surface area contributed by atoms with Crippen molar-refractivity contribution in [3.63, 3.8) is 0 Å². The third-order valence-corrected chi connectivity index (χ3v) is 12.4. The maximum absolute atomic E-state index is 13.7. The van der Waals surface area contributed by atoms with Crippen LogP contribution in [0.15, 0.2) is 52.3 Å². The van der Waals surface area contributed by atoms with Crippen molar-refractivity contribution in [1.82, 2.24) is 9.88 Å². The van der Waals surface area contributed by atoms with Crippen LogP contribution in [0.5, 0.6) is 5.75 Å². The smallest absolute Gasteiger partial charge is 0.305 e. The maximum Gasteiger partial charge on any atom is 0.305 e. The molecule has 3 aromatic rings. The average Bonchev–Trinajstić information content (AvgIpc) is 3.68. The first-order chi connectivity index (χ1) is 20.2. The van der Waals surface area contributed by atoms with Crippen LogP contribution >= 0.6 is 34.7 Å². The van der Waals surface area contributed by atoms with E-state index in [0.717, 1.165) is 33.0 Å². The largest absolute Gasteiger partial charge is 0.489 e. The number of aliphatic carboxylic acids is 1. The van der Waals surface area contributed by atoms with Gasteiger partial charge in [-0.3, -0.25) is 24.1 Å². The molecule has 1 saturated heterocycles. The summed E-state index contributed by atoms with van der Waals surface area (Å²) >= 11 is 9.40. The number of carboxylic acid groups (broad SMARTS) is 1. The van der Waals surface area contributed by atoms with E-state index in [1.807, 2.05) is 43.3 Å². The van der Waals surface area contributed by atoms with Crippen LogP contribution in [0.4, 0.5) is 0 Å². The van der Waals surface area contributed by atoms with Gasteiger partial charge in [-0.25, -0.2) is 0 Å². The number of benzene rings is 2. The number of imide groups is 1. The second-order valence-corrected chi connectivity index (χ2v) is 14.3. The summed E-state index contributed by atoms with van der Waals surface area (Å²) in [5.41, 5.74) is 3.09. The number of likely N-dealkylation sites (tertiary alicyclic amines) is 1. The van der Waals surface area contributed by atoms with E-state index in [-0.39, 0.29) is 65.0 Å². The van der Waals surface area contributed by atoms with Crippen LogP contribution in [0.25, 0.3) is 0 Å². The number of rotatable bonds is 8. The molecule has 6 unspecified atom stereocenters. The Morgan fingerprint density at radius 3 is 2.64 bits per heavy atom. The number of carbonyl (C=O) groups is 3. The van der Waals surface area contributed by atoms with E-state index in [0.29, 0.717) is 17.4 Å². The highest BCUT2D eigenvalue weighted by atomic mass is 35.5. The lowest BCUT2D eigenvalue weighted by atomic mass is 9.68.